The van der Waals surface area contributed by atoms with Gasteiger partial charge in [0.15, 0.2) is 4.67 Å². The molecule has 0 atom stereocenters. The van der Waals surface area contributed by atoms with Gasteiger partial charge in [-0.3, -0.25) is 0 Å². The van der Waals surface area contributed by atoms with Gasteiger partial charge in [-0.15, -0.1) is 0 Å². The quantitative estimate of drug-likeness (QED) is 0.812. The average molecular weight is 398 g/mol. The maximum absolute atomic E-state index is 13.0. The van der Waals surface area contributed by atoms with Gasteiger partial charge in [0.1, 0.15) is 16.5 Å². The van der Waals surface area contributed by atoms with Crippen LogP contribution in [0.3, 0.4) is 0 Å². The van der Waals surface area contributed by atoms with E-state index in [9.17, 15) is 12.8 Å². The van der Waals surface area contributed by atoms with Crippen LogP contribution in [0.2, 0.25) is 5.02 Å². The molecule has 0 fully saturated rings. The number of furan rings is 1. The Hall–Kier alpha value is -0.930. The number of halogens is 3. The van der Waals surface area contributed by atoms with Crippen molar-refractivity contribution < 1.29 is 17.2 Å². The predicted octanol–water partition coefficient (Wildman–Crippen LogP) is 2.77. The van der Waals surface area contributed by atoms with E-state index in [1.165, 1.54) is 24.3 Å². The van der Waals surface area contributed by atoms with Crippen LogP contribution in [0.25, 0.3) is 0 Å². The molecule has 0 bridgehead atoms. The number of hydrogen-bond donors (Lipinski definition) is 2. The molecule has 0 aliphatic heterocycles. The first-order valence-electron chi connectivity index (χ1n) is 5.75. The minimum absolute atomic E-state index is 0.0298. The SMILES string of the molecule is NCc1cc(S(=O)(=O)NCc2ccc(F)c(Cl)c2)c(Br)o1. The highest BCUT2D eigenvalue weighted by Crippen LogP contribution is 2.26. The fourth-order valence-corrected chi connectivity index (χ4v) is 3.80. The molecule has 0 saturated carbocycles. The summed E-state index contributed by atoms with van der Waals surface area (Å²) in [6, 6.07) is 5.31. The largest absolute Gasteiger partial charge is 0.452 e. The van der Waals surface area contributed by atoms with Crippen molar-refractivity contribution in [2.75, 3.05) is 0 Å². The highest BCUT2D eigenvalue weighted by atomic mass is 79.9. The summed E-state index contributed by atoms with van der Waals surface area (Å²) in [7, 11) is -3.78. The molecule has 3 N–H and O–H groups in total. The fraction of sp³-hybridized carbons (Fsp3) is 0.167. The molecule has 1 aromatic carbocycles. The van der Waals surface area contributed by atoms with Crippen LogP contribution in [-0.2, 0) is 23.1 Å². The minimum atomic E-state index is -3.78. The van der Waals surface area contributed by atoms with Gasteiger partial charge in [-0.1, -0.05) is 17.7 Å². The molecular formula is C12H11BrClFN2O3S. The van der Waals surface area contributed by atoms with Crippen molar-refractivity contribution in [2.45, 2.75) is 18.0 Å². The first-order valence-corrected chi connectivity index (χ1v) is 8.41. The van der Waals surface area contributed by atoms with Crippen molar-refractivity contribution >= 4 is 37.6 Å². The summed E-state index contributed by atoms with van der Waals surface area (Å²) in [5.41, 5.74) is 5.92. The highest BCUT2D eigenvalue weighted by Gasteiger charge is 2.22. The van der Waals surface area contributed by atoms with Crippen LogP contribution >= 0.6 is 27.5 Å². The summed E-state index contributed by atoms with van der Waals surface area (Å²) in [4.78, 5) is -0.0452. The molecule has 1 heterocycles. The van der Waals surface area contributed by atoms with E-state index < -0.39 is 15.8 Å². The van der Waals surface area contributed by atoms with Gasteiger partial charge >= 0.3 is 0 Å². The Labute approximate surface area is 134 Å². The summed E-state index contributed by atoms with van der Waals surface area (Å²) < 4.78 is 44.9. The van der Waals surface area contributed by atoms with Crippen molar-refractivity contribution in [2.24, 2.45) is 5.73 Å². The number of nitrogens with two attached hydrogens (primary N) is 1. The zero-order valence-electron chi connectivity index (χ0n) is 10.6. The molecule has 0 aliphatic carbocycles. The van der Waals surface area contributed by atoms with E-state index in [1.54, 1.807) is 0 Å². The molecule has 9 heteroatoms. The van der Waals surface area contributed by atoms with Crippen LogP contribution in [0.5, 0.6) is 0 Å². The van der Waals surface area contributed by atoms with Crippen molar-refractivity contribution in [1.29, 1.82) is 0 Å². The Morgan fingerprint density at radius 3 is 2.67 bits per heavy atom. The van der Waals surface area contributed by atoms with Crippen LogP contribution in [0, 0.1) is 5.82 Å². The molecule has 2 aromatic rings. The highest BCUT2D eigenvalue weighted by molar-refractivity contribution is 9.10. The van der Waals surface area contributed by atoms with Gasteiger partial charge in [0.25, 0.3) is 0 Å². The van der Waals surface area contributed by atoms with Gasteiger partial charge < -0.3 is 10.2 Å². The first kappa shape index (κ1) is 16.4. The zero-order chi connectivity index (χ0) is 15.6. The fourth-order valence-electron chi connectivity index (χ4n) is 1.59. The summed E-state index contributed by atoms with van der Waals surface area (Å²) in [5.74, 6) is -0.222. The van der Waals surface area contributed by atoms with E-state index in [0.717, 1.165) is 0 Å². The summed E-state index contributed by atoms with van der Waals surface area (Å²) in [6.45, 7) is 0.0552. The Bertz CT molecular complexity index is 764. The van der Waals surface area contributed by atoms with Crippen LogP contribution in [0.15, 0.2) is 38.2 Å². The van der Waals surface area contributed by atoms with Crippen molar-refractivity contribution in [3.05, 3.63) is 51.1 Å². The Morgan fingerprint density at radius 1 is 1.38 bits per heavy atom. The number of nitrogens with one attached hydrogen (secondary N) is 1. The van der Waals surface area contributed by atoms with E-state index >= 15 is 0 Å². The number of benzene rings is 1. The molecule has 0 amide bonds. The summed E-state index contributed by atoms with van der Waals surface area (Å²) in [6.07, 6.45) is 0. The molecule has 21 heavy (non-hydrogen) atoms. The van der Waals surface area contributed by atoms with E-state index in [4.69, 9.17) is 21.8 Å². The van der Waals surface area contributed by atoms with Gasteiger partial charge in [0.05, 0.1) is 11.6 Å². The van der Waals surface area contributed by atoms with Crippen molar-refractivity contribution in [3.63, 3.8) is 0 Å². The third-order valence-corrected chi connectivity index (χ3v) is 5.20. The molecule has 0 radical (unpaired) electrons. The van der Waals surface area contributed by atoms with E-state index in [-0.39, 0.29) is 27.7 Å². The van der Waals surface area contributed by atoms with Crippen molar-refractivity contribution in [1.82, 2.24) is 4.72 Å². The summed E-state index contributed by atoms with van der Waals surface area (Å²) >= 11 is 8.67. The molecular weight excluding hydrogens is 387 g/mol. The molecule has 1 aromatic heterocycles. The second kappa shape index (κ2) is 6.45. The topological polar surface area (TPSA) is 85.3 Å². The zero-order valence-corrected chi connectivity index (χ0v) is 13.7. The van der Waals surface area contributed by atoms with Crippen LogP contribution < -0.4 is 10.5 Å². The van der Waals surface area contributed by atoms with E-state index in [0.29, 0.717) is 11.3 Å². The molecule has 2 rings (SSSR count). The van der Waals surface area contributed by atoms with Gasteiger partial charge in [-0.05, 0) is 33.6 Å². The lowest BCUT2D eigenvalue weighted by Crippen LogP contribution is -2.23. The predicted molar refractivity (Wildman–Crippen MR) is 79.7 cm³/mol. The number of hydrogen-bond acceptors (Lipinski definition) is 4. The van der Waals surface area contributed by atoms with Gasteiger partial charge in [-0.25, -0.2) is 17.5 Å². The summed E-state index contributed by atoms with van der Waals surface area (Å²) in [5, 5.41) is -0.0680. The Morgan fingerprint density at radius 2 is 2.10 bits per heavy atom. The number of sulfonamides is 1. The second-order valence-corrected chi connectivity index (χ2v) is 6.99. The molecule has 0 spiro atoms. The van der Waals surface area contributed by atoms with Crippen LogP contribution in [0.1, 0.15) is 11.3 Å². The Kier molecular flexibility index (Phi) is 5.05. The standard InChI is InChI=1S/C12H11BrClFN2O3S/c13-12-11(4-8(5-16)20-12)21(18,19)17-6-7-1-2-10(15)9(14)3-7/h1-4,17H,5-6,16H2. The molecule has 0 unspecified atom stereocenters. The molecule has 0 saturated heterocycles. The van der Waals surface area contributed by atoms with Crippen molar-refractivity contribution in [3.8, 4) is 0 Å². The Balaban J connectivity index is 2.17. The maximum atomic E-state index is 13.0. The third-order valence-electron chi connectivity index (χ3n) is 2.65. The van der Waals surface area contributed by atoms with Gasteiger partial charge in [0, 0.05) is 12.6 Å². The van der Waals surface area contributed by atoms with Gasteiger partial charge in [-0.2, -0.15) is 0 Å². The third kappa shape index (κ3) is 3.83. The van der Waals surface area contributed by atoms with E-state index in [1.807, 2.05) is 0 Å². The molecule has 5 nitrogen and oxygen atoms in total. The first-order chi connectivity index (χ1) is 9.83. The molecule has 0 aliphatic rings. The lowest BCUT2D eigenvalue weighted by molar-refractivity contribution is 0.483. The minimum Gasteiger partial charge on any atom is -0.452 e. The lowest BCUT2D eigenvalue weighted by atomic mass is 10.2. The number of rotatable bonds is 5. The maximum Gasteiger partial charge on any atom is 0.245 e. The normalized spacial score (nSPS) is 11.8. The monoisotopic (exact) mass is 396 g/mol. The second-order valence-electron chi connectivity index (χ2n) is 4.13. The average Bonchev–Trinajstić information content (AvgIpc) is 2.82. The van der Waals surface area contributed by atoms with Crippen LogP contribution in [-0.4, -0.2) is 8.42 Å². The smallest absolute Gasteiger partial charge is 0.245 e. The lowest BCUT2D eigenvalue weighted by Gasteiger charge is -2.06. The van der Waals surface area contributed by atoms with Crippen LogP contribution in [0.4, 0.5) is 4.39 Å². The van der Waals surface area contributed by atoms with E-state index in [2.05, 4.69) is 20.7 Å². The van der Waals surface area contributed by atoms with Gasteiger partial charge in [0.2, 0.25) is 10.0 Å². The molecule has 114 valence electrons.